The average Bonchev–Trinajstić information content (AvgIpc) is 2.84. The van der Waals surface area contributed by atoms with E-state index >= 15 is 0 Å². The fraction of sp³-hybridized carbons (Fsp3) is 0.214. The molecule has 1 aliphatic rings. The van der Waals surface area contributed by atoms with E-state index in [1.807, 2.05) is 38.1 Å². The molecule has 0 amide bonds. The Labute approximate surface area is 110 Å². The van der Waals surface area contributed by atoms with Crippen LogP contribution in [0.4, 0.5) is 0 Å². The van der Waals surface area contributed by atoms with Crippen molar-refractivity contribution in [2.24, 2.45) is 0 Å². The third-order valence-electron chi connectivity index (χ3n) is 2.95. The second-order valence-electron chi connectivity index (χ2n) is 4.35. The monoisotopic (exact) mass is 253 g/mol. The molecule has 1 aliphatic heterocycles. The number of ether oxygens (including phenoxy) is 2. The van der Waals surface area contributed by atoms with Crippen LogP contribution in [0.15, 0.2) is 18.2 Å². The first-order valence-corrected chi connectivity index (χ1v) is 5.84. The average molecular weight is 253 g/mol. The van der Waals surface area contributed by atoms with Gasteiger partial charge in [0.15, 0.2) is 11.5 Å². The molecule has 0 atom stereocenters. The molecule has 0 aliphatic carbocycles. The Bertz CT molecular complexity index is 705. The Balaban J connectivity index is 2.17. The maximum atomic E-state index is 8.94. The molecule has 0 N–H and O–H groups in total. The molecule has 3 rings (SSSR count). The van der Waals surface area contributed by atoms with Crippen molar-refractivity contribution in [1.82, 2.24) is 9.97 Å². The Morgan fingerprint density at radius 3 is 2.58 bits per heavy atom. The molecule has 1 aromatic heterocycles. The zero-order valence-corrected chi connectivity index (χ0v) is 10.6. The summed E-state index contributed by atoms with van der Waals surface area (Å²) in [6.07, 6.45) is 0. The van der Waals surface area contributed by atoms with E-state index in [0.717, 1.165) is 28.3 Å². The highest BCUT2D eigenvalue weighted by Gasteiger charge is 2.17. The number of aryl methyl sites for hydroxylation is 2. The highest BCUT2D eigenvalue weighted by molar-refractivity contribution is 5.69. The minimum absolute atomic E-state index is 0.173. The quantitative estimate of drug-likeness (QED) is 0.780. The van der Waals surface area contributed by atoms with E-state index in [1.54, 1.807) is 0 Å². The molecule has 5 nitrogen and oxygen atoms in total. The van der Waals surface area contributed by atoms with Gasteiger partial charge in [0.05, 0.1) is 5.69 Å². The summed E-state index contributed by atoms with van der Waals surface area (Å²) in [5.74, 6) is 1.62. The minimum Gasteiger partial charge on any atom is -0.454 e. The van der Waals surface area contributed by atoms with Crippen LogP contribution in [-0.2, 0) is 0 Å². The summed E-state index contributed by atoms with van der Waals surface area (Å²) in [4.78, 5) is 8.29. The summed E-state index contributed by atoms with van der Waals surface area (Å²) in [5.41, 5.74) is 3.43. The molecule has 1 aromatic carbocycles. The van der Waals surface area contributed by atoms with Crippen LogP contribution in [0.1, 0.15) is 17.1 Å². The Kier molecular flexibility index (Phi) is 2.57. The third-order valence-corrected chi connectivity index (χ3v) is 2.95. The van der Waals surface area contributed by atoms with Crippen molar-refractivity contribution in [1.29, 1.82) is 5.26 Å². The van der Waals surface area contributed by atoms with E-state index in [1.165, 1.54) is 0 Å². The van der Waals surface area contributed by atoms with Crippen molar-refractivity contribution in [2.75, 3.05) is 6.79 Å². The maximum absolute atomic E-state index is 8.94. The van der Waals surface area contributed by atoms with Crippen molar-refractivity contribution in [3.63, 3.8) is 0 Å². The van der Waals surface area contributed by atoms with Crippen LogP contribution in [0.2, 0.25) is 0 Å². The second-order valence-corrected chi connectivity index (χ2v) is 4.35. The summed E-state index contributed by atoms with van der Waals surface area (Å²) >= 11 is 0. The molecule has 0 radical (unpaired) electrons. The molecule has 2 heterocycles. The van der Waals surface area contributed by atoms with Crippen molar-refractivity contribution in [3.8, 4) is 28.8 Å². The first kappa shape index (κ1) is 11.5. The van der Waals surface area contributed by atoms with Gasteiger partial charge in [-0.25, -0.2) is 9.97 Å². The summed E-state index contributed by atoms with van der Waals surface area (Å²) in [6, 6.07) is 7.63. The first-order valence-electron chi connectivity index (χ1n) is 5.84. The van der Waals surface area contributed by atoms with Gasteiger partial charge in [-0.1, -0.05) is 0 Å². The Morgan fingerprint density at radius 1 is 1.11 bits per heavy atom. The van der Waals surface area contributed by atoms with Crippen LogP contribution in [0, 0.1) is 25.2 Å². The molecule has 0 fully saturated rings. The van der Waals surface area contributed by atoms with Gasteiger partial charge in [0.2, 0.25) is 12.6 Å². The maximum Gasteiger partial charge on any atom is 0.232 e. The topological polar surface area (TPSA) is 68.0 Å². The van der Waals surface area contributed by atoms with Crippen molar-refractivity contribution in [3.05, 3.63) is 35.3 Å². The highest BCUT2D eigenvalue weighted by atomic mass is 16.7. The number of nitrogens with zero attached hydrogens (tertiary/aromatic N) is 3. The molecular weight excluding hydrogens is 242 g/mol. The van der Waals surface area contributed by atoms with E-state index in [2.05, 4.69) is 9.97 Å². The summed E-state index contributed by atoms with van der Waals surface area (Å²) < 4.78 is 10.7. The molecule has 19 heavy (non-hydrogen) atoms. The lowest BCUT2D eigenvalue weighted by Gasteiger charge is -2.08. The second kappa shape index (κ2) is 4.25. The van der Waals surface area contributed by atoms with Crippen LogP contribution in [0.25, 0.3) is 11.3 Å². The van der Waals surface area contributed by atoms with Crippen LogP contribution in [0.3, 0.4) is 0 Å². The Morgan fingerprint density at radius 2 is 1.84 bits per heavy atom. The molecule has 5 heteroatoms. The molecule has 94 valence electrons. The van der Waals surface area contributed by atoms with Crippen LogP contribution >= 0.6 is 0 Å². The van der Waals surface area contributed by atoms with Crippen molar-refractivity contribution < 1.29 is 9.47 Å². The minimum atomic E-state index is 0.173. The van der Waals surface area contributed by atoms with Gasteiger partial charge in [-0.2, -0.15) is 5.26 Å². The lowest BCUT2D eigenvalue weighted by atomic mass is 10.0. The fourth-order valence-corrected chi connectivity index (χ4v) is 2.08. The molecule has 0 unspecified atom stereocenters. The number of benzene rings is 1. The molecular formula is C14H11N3O2. The molecule has 2 aromatic rings. The van der Waals surface area contributed by atoms with E-state index in [9.17, 15) is 0 Å². The number of hydrogen-bond acceptors (Lipinski definition) is 5. The van der Waals surface area contributed by atoms with E-state index < -0.39 is 0 Å². The predicted octanol–water partition coefficient (Wildman–Crippen LogP) is 2.36. The third kappa shape index (κ3) is 1.97. The fourth-order valence-electron chi connectivity index (χ4n) is 2.08. The number of aromatic nitrogens is 2. The molecule has 0 saturated carbocycles. The van der Waals surface area contributed by atoms with Gasteiger partial charge >= 0.3 is 0 Å². The van der Waals surface area contributed by atoms with Gasteiger partial charge in [-0.3, -0.25) is 0 Å². The largest absolute Gasteiger partial charge is 0.454 e. The number of hydrogen-bond donors (Lipinski definition) is 0. The lowest BCUT2D eigenvalue weighted by molar-refractivity contribution is 0.174. The zero-order valence-electron chi connectivity index (χ0n) is 10.6. The van der Waals surface area contributed by atoms with E-state index in [-0.39, 0.29) is 12.6 Å². The number of fused-ring (bicyclic) bond motifs is 1. The van der Waals surface area contributed by atoms with Crippen LogP contribution in [0.5, 0.6) is 11.5 Å². The summed E-state index contributed by atoms with van der Waals surface area (Å²) in [6.45, 7) is 4.06. The van der Waals surface area contributed by atoms with Gasteiger partial charge in [0.25, 0.3) is 0 Å². The smallest absolute Gasteiger partial charge is 0.232 e. The Hall–Kier alpha value is -2.61. The number of rotatable bonds is 1. The predicted molar refractivity (Wildman–Crippen MR) is 67.8 cm³/mol. The van der Waals surface area contributed by atoms with Crippen LogP contribution in [-0.4, -0.2) is 16.8 Å². The zero-order chi connectivity index (χ0) is 13.4. The van der Waals surface area contributed by atoms with Gasteiger partial charge in [0.1, 0.15) is 6.07 Å². The standard InChI is InChI=1S/C14H11N3O2/c1-8-3-12-13(19-7-18-12)5-10(8)11-4-9(2)16-14(6-15)17-11/h3-5H,7H2,1-2H3. The normalized spacial score (nSPS) is 12.3. The summed E-state index contributed by atoms with van der Waals surface area (Å²) in [7, 11) is 0. The highest BCUT2D eigenvalue weighted by Crippen LogP contribution is 2.37. The lowest BCUT2D eigenvalue weighted by Crippen LogP contribution is -1.96. The first-order chi connectivity index (χ1) is 9.17. The van der Waals surface area contributed by atoms with Gasteiger partial charge in [0, 0.05) is 11.3 Å². The molecule has 0 spiro atoms. The summed E-state index contributed by atoms with van der Waals surface area (Å²) in [5, 5.41) is 8.94. The van der Waals surface area contributed by atoms with Gasteiger partial charge < -0.3 is 9.47 Å². The van der Waals surface area contributed by atoms with Gasteiger partial charge in [-0.05, 0) is 37.6 Å². The van der Waals surface area contributed by atoms with E-state index in [4.69, 9.17) is 14.7 Å². The molecule has 0 saturated heterocycles. The molecule has 0 bridgehead atoms. The van der Waals surface area contributed by atoms with Gasteiger partial charge in [-0.15, -0.1) is 0 Å². The SMILES string of the molecule is Cc1cc(-c2cc3c(cc2C)OCO3)nc(C#N)n1. The van der Waals surface area contributed by atoms with Crippen LogP contribution < -0.4 is 9.47 Å². The number of nitriles is 1. The van der Waals surface area contributed by atoms with Crippen molar-refractivity contribution >= 4 is 0 Å². The van der Waals surface area contributed by atoms with Crippen molar-refractivity contribution in [2.45, 2.75) is 13.8 Å². The van der Waals surface area contributed by atoms with E-state index in [0.29, 0.717) is 5.75 Å².